The molecule has 2 aromatic rings. The van der Waals surface area contributed by atoms with Crippen molar-refractivity contribution in [3.05, 3.63) is 35.8 Å². The van der Waals surface area contributed by atoms with E-state index in [4.69, 9.17) is 4.42 Å². The fourth-order valence-corrected chi connectivity index (χ4v) is 2.62. The number of carbonyl (C=O) groups excluding carboxylic acids is 1. The summed E-state index contributed by atoms with van der Waals surface area (Å²) in [7, 11) is 0. The average molecular weight is 260 g/mol. The Morgan fingerprint density at radius 1 is 1.42 bits per heavy atom. The van der Waals surface area contributed by atoms with E-state index < -0.39 is 0 Å². The van der Waals surface area contributed by atoms with Gasteiger partial charge in [0.05, 0.1) is 12.4 Å². The molecule has 0 spiro atoms. The number of nitrogens with one attached hydrogen (secondary N) is 1. The predicted octanol–water partition coefficient (Wildman–Crippen LogP) is 1.73. The minimum Gasteiger partial charge on any atom is -0.438 e. The summed E-state index contributed by atoms with van der Waals surface area (Å²) in [6, 6.07) is 0. The Hall–Kier alpha value is -2.11. The Labute approximate surface area is 110 Å². The number of H-pyrrole nitrogens is 1. The van der Waals surface area contributed by atoms with Crippen LogP contribution in [-0.2, 0) is 0 Å². The lowest BCUT2D eigenvalue weighted by atomic mass is 9.91. The number of carbonyl (C=O) groups is 1. The molecule has 3 rings (SSSR count). The molecule has 0 bridgehead atoms. The first kappa shape index (κ1) is 12.0. The molecule has 6 nitrogen and oxygen atoms in total. The van der Waals surface area contributed by atoms with E-state index in [1.165, 1.54) is 23.8 Å². The van der Waals surface area contributed by atoms with Crippen LogP contribution in [0.15, 0.2) is 23.2 Å². The molecule has 0 saturated carbocycles. The highest BCUT2D eigenvalue weighted by atomic mass is 16.3. The van der Waals surface area contributed by atoms with Crippen molar-refractivity contribution in [3.63, 3.8) is 0 Å². The van der Waals surface area contributed by atoms with Crippen LogP contribution >= 0.6 is 0 Å². The Balaban J connectivity index is 1.64. The SMILES string of the molecule is Cc1cn[nH]c1C1CCN(C(=O)c2cnco2)CC1. The summed E-state index contributed by atoms with van der Waals surface area (Å²) in [5, 5.41) is 7.13. The quantitative estimate of drug-likeness (QED) is 0.892. The number of hydrogen-bond acceptors (Lipinski definition) is 4. The molecule has 0 atom stereocenters. The second-order valence-electron chi connectivity index (χ2n) is 4.90. The Bertz CT molecular complexity index is 553. The summed E-state index contributed by atoms with van der Waals surface area (Å²) in [5.41, 5.74) is 2.40. The number of oxazole rings is 1. The van der Waals surface area contributed by atoms with E-state index in [0.29, 0.717) is 11.7 Å². The predicted molar refractivity (Wildman–Crippen MR) is 67.7 cm³/mol. The van der Waals surface area contributed by atoms with Gasteiger partial charge >= 0.3 is 0 Å². The van der Waals surface area contributed by atoms with E-state index in [1.807, 2.05) is 11.1 Å². The molecule has 0 aromatic carbocycles. The minimum atomic E-state index is -0.0720. The van der Waals surface area contributed by atoms with Gasteiger partial charge in [0, 0.05) is 24.7 Å². The number of rotatable bonds is 2. The third kappa shape index (κ3) is 2.25. The van der Waals surface area contributed by atoms with Crippen molar-refractivity contribution < 1.29 is 9.21 Å². The fraction of sp³-hybridized carbons (Fsp3) is 0.462. The lowest BCUT2D eigenvalue weighted by molar-refractivity contribution is 0.0680. The topological polar surface area (TPSA) is 75.0 Å². The van der Waals surface area contributed by atoms with Gasteiger partial charge in [0.2, 0.25) is 5.76 Å². The lowest BCUT2D eigenvalue weighted by Gasteiger charge is -2.31. The zero-order chi connectivity index (χ0) is 13.2. The normalized spacial score (nSPS) is 16.8. The molecule has 1 aliphatic rings. The van der Waals surface area contributed by atoms with Crippen molar-refractivity contribution >= 4 is 5.91 Å². The molecule has 19 heavy (non-hydrogen) atoms. The molecule has 1 aliphatic heterocycles. The highest BCUT2D eigenvalue weighted by molar-refractivity contribution is 5.91. The smallest absolute Gasteiger partial charge is 0.291 e. The first-order chi connectivity index (χ1) is 9.25. The summed E-state index contributed by atoms with van der Waals surface area (Å²) in [6.07, 6.45) is 6.49. The fourth-order valence-electron chi connectivity index (χ4n) is 2.62. The number of aryl methyl sites for hydroxylation is 1. The van der Waals surface area contributed by atoms with E-state index >= 15 is 0 Å². The van der Waals surface area contributed by atoms with Crippen LogP contribution in [0.3, 0.4) is 0 Å². The van der Waals surface area contributed by atoms with Gasteiger partial charge in [-0.1, -0.05) is 0 Å². The second kappa shape index (κ2) is 4.87. The number of hydrogen-bond donors (Lipinski definition) is 1. The minimum absolute atomic E-state index is 0.0720. The number of amides is 1. The van der Waals surface area contributed by atoms with Gasteiger partial charge in [-0.15, -0.1) is 0 Å². The van der Waals surface area contributed by atoms with Gasteiger partial charge in [0.1, 0.15) is 0 Å². The molecule has 0 radical (unpaired) electrons. The van der Waals surface area contributed by atoms with Crippen LogP contribution in [0.2, 0.25) is 0 Å². The van der Waals surface area contributed by atoms with Crippen LogP contribution in [0, 0.1) is 6.92 Å². The molecule has 100 valence electrons. The molecule has 3 heterocycles. The monoisotopic (exact) mass is 260 g/mol. The van der Waals surface area contributed by atoms with Gasteiger partial charge in [0.25, 0.3) is 5.91 Å². The van der Waals surface area contributed by atoms with Gasteiger partial charge in [-0.25, -0.2) is 4.98 Å². The highest BCUT2D eigenvalue weighted by Gasteiger charge is 2.27. The van der Waals surface area contributed by atoms with E-state index in [0.717, 1.165) is 25.9 Å². The molecular weight excluding hydrogens is 244 g/mol. The summed E-state index contributed by atoms with van der Waals surface area (Å²) in [4.78, 5) is 17.7. The average Bonchev–Trinajstić information content (AvgIpc) is 3.09. The summed E-state index contributed by atoms with van der Waals surface area (Å²) >= 11 is 0. The number of likely N-dealkylation sites (tertiary alicyclic amines) is 1. The van der Waals surface area contributed by atoms with Crippen LogP contribution in [-0.4, -0.2) is 39.1 Å². The molecule has 1 amide bonds. The Morgan fingerprint density at radius 2 is 2.21 bits per heavy atom. The molecule has 2 aromatic heterocycles. The van der Waals surface area contributed by atoms with E-state index in [2.05, 4.69) is 22.1 Å². The van der Waals surface area contributed by atoms with Crippen molar-refractivity contribution in [2.75, 3.05) is 13.1 Å². The molecule has 0 unspecified atom stereocenters. The number of aromatic nitrogens is 3. The second-order valence-corrected chi connectivity index (χ2v) is 4.90. The van der Waals surface area contributed by atoms with E-state index in [1.54, 1.807) is 0 Å². The summed E-state index contributed by atoms with van der Waals surface area (Å²) in [5.74, 6) is 0.703. The first-order valence-corrected chi connectivity index (χ1v) is 6.43. The summed E-state index contributed by atoms with van der Waals surface area (Å²) < 4.78 is 5.05. The van der Waals surface area contributed by atoms with Crippen LogP contribution in [0.1, 0.15) is 40.6 Å². The molecular formula is C13H16N4O2. The molecule has 1 N–H and O–H groups in total. The van der Waals surface area contributed by atoms with Crippen molar-refractivity contribution in [1.29, 1.82) is 0 Å². The van der Waals surface area contributed by atoms with Crippen LogP contribution in [0.5, 0.6) is 0 Å². The maximum Gasteiger partial charge on any atom is 0.291 e. The van der Waals surface area contributed by atoms with Crippen molar-refractivity contribution in [2.45, 2.75) is 25.7 Å². The third-order valence-corrected chi connectivity index (χ3v) is 3.70. The van der Waals surface area contributed by atoms with E-state index in [-0.39, 0.29) is 5.91 Å². The number of piperidine rings is 1. The zero-order valence-electron chi connectivity index (χ0n) is 10.8. The Kier molecular flexibility index (Phi) is 3.06. The van der Waals surface area contributed by atoms with Gasteiger partial charge < -0.3 is 9.32 Å². The third-order valence-electron chi connectivity index (χ3n) is 3.70. The number of nitrogens with zero attached hydrogens (tertiary/aromatic N) is 3. The van der Waals surface area contributed by atoms with Crippen molar-refractivity contribution in [1.82, 2.24) is 20.1 Å². The Morgan fingerprint density at radius 3 is 2.79 bits per heavy atom. The zero-order valence-corrected chi connectivity index (χ0v) is 10.8. The maximum atomic E-state index is 12.1. The number of aromatic amines is 1. The van der Waals surface area contributed by atoms with Crippen molar-refractivity contribution in [2.24, 2.45) is 0 Å². The standard InChI is InChI=1S/C13H16N4O2/c1-9-6-15-16-12(9)10-2-4-17(5-3-10)13(18)11-7-14-8-19-11/h6-8,10H,2-5H2,1H3,(H,15,16). The van der Waals surface area contributed by atoms with Crippen LogP contribution in [0.25, 0.3) is 0 Å². The highest BCUT2D eigenvalue weighted by Crippen LogP contribution is 2.28. The van der Waals surface area contributed by atoms with Gasteiger partial charge in [-0.3, -0.25) is 9.89 Å². The molecule has 0 aliphatic carbocycles. The van der Waals surface area contributed by atoms with Gasteiger partial charge in [0.15, 0.2) is 6.39 Å². The first-order valence-electron chi connectivity index (χ1n) is 6.43. The molecule has 1 fully saturated rings. The van der Waals surface area contributed by atoms with Gasteiger partial charge in [-0.05, 0) is 25.3 Å². The van der Waals surface area contributed by atoms with Gasteiger partial charge in [-0.2, -0.15) is 5.10 Å². The maximum absolute atomic E-state index is 12.1. The van der Waals surface area contributed by atoms with Crippen LogP contribution < -0.4 is 0 Å². The molecule has 6 heteroatoms. The van der Waals surface area contributed by atoms with Crippen LogP contribution in [0.4, 0.5) is 0 Å². The largest absolute Gasteiger partial charge is 0.438 e. The lowest BCUT2D eigenvalue weighted by Crippen LogP contribution is -2.37. The summed E-state index contributed by atoms with van der Waals surface area (Å²) in [6.45, 7) is 3.54. The van der Waals surface area contributed by atoms with E-state index in [9.17, 15) is 4.79 Å². The molecule has 1 saturated heterocycles. The van der Waals surface area contributed by atoms with Crippen molar-refractivity contribution in [3.8, 4) is 0 Å².